The third kappa shape index (κ3) is 4.83. The lowest BCUT2D eigenvalue weighted by Crippen LogP contribution is -2.36. The fourth-order valence-electron chi connectivity index (χ4n) is 4.36. The first-order chi connectivity index (χ1) is 14.0. The van der Waals surface area contributed by atoms with Crippen molar-refractivity contribution in [2.24, 2.45) is 0 Å². The van der Waals surface area contributed by atoms with E-state index in [1.54, 1.807) is 0 Å². The van der Waals surface area contributed by atoms with Crippen LogP contribution in [-0.4, -0.2) is 25.7 Å². The van der Waals surface area contributed by atoms with E-state index in [4.69, 9.17) is 0 Å². The molecule has 0 aromatic heterocycles. The summed E-state index contributed by atoms with van der Waals surface area (Å²) in [6, 6.07) is 0.399. The monoisotopic (exact) mass is 409 g/mol. The van der Waals surface area contributed by atoms with Crippen LogP contribution in [0.15, 0.2) is 0 Å². The summed E-state index contributed by atoms with van der Waals surface area (Å²) in [7, 11) is 0. The molecule has 0 bridgehead atoms. The minimum Gasteiger partial charge on any atom is -0.383 e. The first-order valence-electron chi connectivity index (χ1n) is 11.3. The van der Waals surface area contributed by atoms with Crippen molar-refractivity contribution in [1.82, 2.24) is 5.32 Å². The topological polar surface area (TPSA) is 36.1 Å². The molecule has 0 fully saturated rings. The Morgan fingerprint density at radius 2 is 0.800 bits per heavy atom. The molecule has 0 radical (unpaired) electrons. The summed E-state index contributed by atoms with van der Waals surface area (Å²) in [5, 5.41) is 11.0. The Morgan fingerprint density at radius 1 is 0.467 bits per heavy atom. The van der Waals surface area contributed by atoms with E-state index in [-0.39, 0.29) is 0 Å². The fourth-order valence-corrected chi connectivity index (χ4v) is 4.36. The lowest BCUT2D eigenvalue weighted by Gasteiger charge is -2.23. The molecular formula is C27H43N3. The van der Waals surface area contributed by atoms with Crippen molar-refractivity contribution in [3.63, 3.8) is 0 Å². The van der Waals surface area contributed by atoms with E-state index in [2.05, 4.69) is 92.1 Å². The van der Waals surface area contributed by atoms with Crippen LogP contribution in [0.3, 0.4) is 0 Å². The predicted molar refractivity (Wildman–Crippen MR) is 135 cm³/mol. The third-order valence-electron chi connectivity index (χ3n) is 7.50. The van der Waals surface area contributed by atoms with Gasteiger partial charge in [-0.1, -0.05) is 0 Å². The molecule has 0 heterocycles. The highest BCUT2D eigenvalue weighted by Crippen LogP contribution is 2.31. The third-order valence-corrected chi connectivity index (χ3v) is 7.50. The number of rotatable bonds is 8. The normalized spacial score (nSPS) is 12.2. The van der Waals surface area contributed by atoms with Gasteiger partial charge in [0.1, 0.15) is 0 Å². The summed E-state index contributed by atoms with van der Waals surface area (Å²) in [6.07, 6.45) is 0. The SMILES string of the molecule is Cc1c(C)c(C)c(NCCNC(C)CNc2c(C)c(C)c(C)c(C)c2C)c(C)c1C. The number of anilines is 2. The lowest BCUT2D eigenvalue weighted by molar-refractivity contribution is 0.580. The van der Waals surface area contributed by atoms with Crippen LogP contribution >= 0.6 is 0 Å². The van der Waals surface area contributed by atoms with Crippen molar-refractivity contribution in [1.29, 1.82) is 0 Å². The molecule has 2 aromatic rings. The Bertz CT molecular complexity index is 867. The summed E-state index contributed by atoms with van der Waals surface area (Å²) >= 11 is 0. The van der Waals surface area contributed by atoms with E-state index in [9.17, 15) is 0 Å². The average Bonchev–Trinajstić information content (AvgIpc) is 2.72. The largest absolute Gasteiger partial charge is 0.383 e. The van der Waals surface area contributed by atoms with Crippen molar-refractivity contribution in [3.05, 3.63) is 55.6 Å². The second-order valence-electron chi connectivity index (χ2n) is 9.16. The summed E-state index contributed by atoms with van der Waals surface area (Å²) in [5.41, 5.74) is 16.6. The highest BCUT2D eigenvalue weighted by molar-refractivity contribution is 5.65. The van der Waals surface area contributed by atoms with Crippen LogP contribution in [0.5, 0.6) is 0 Å². The summed E-state index contributed by atoms with van der Waals surface area (Å²) in [4.78, 5) is 0. The molecular weight excluding hydrogens is 366 g/mol. The molecule has 0 aliphatic rings. The Balaban J connectivity index is 1.91. The second-order valence-corrected chi connectivity index (χ2v) is 9.16. The first-order valence-corrected chi connectivity index (χ1v) is 11.3. The van der Waals surface area contributed by atoms with Gasteiger partial charge in [0.05, 0.1) is 0 Å². The van der Waals surface area contributed by atoms with E-state index in [1.807, 2.05) is 0 Å². The van der Waals surface area contributed by atoms with Gasteiger partial charge in [0, 0.05) is 37.1 Å². The van der Waals surface area contributed by atoms with Gasteiger partial charge in [-0.05, 0) is 132 Å². The lowest BCUT2D eigenvalue weighted by atomic mass is 9.93. The van der Waals surface area contributed by atoms with Crippen LogP contribution < -0.4 is 16.0 Å². The smallest absolute Gasteiger partial charge is 0.0405 e. The number of nitrogens with one attached hydrogen (secondary N) is 3. The average molecular weight is 410 g/mol. The van der Waals surface area contributed by atoms with Gasteiger partial charge in [-0.25, -0.2) is 0 Å². The maximum atomic E-state index is 3.70. The highest BCUT2D eigenvalue weighted by atomic mass is 15.0. The quantitative estimate of drug-likeness (QED) is 0.450. The van der Waals surface area contributed by atoms with Gasteiger partial charge in [-0.2, -0.15) is 0 Å². The van der Waals surface area contributed by atoms with Crippen molar-refractivity contribution in [3.8, 4) is 0 Å². The standard InChI is InChI=1S/C27H43N3/c1-15(14-30-27-24(10)20(6)17(3)21(7)25(27)11)28-12-13-29-26-22(8)18(4)16(2)19(5)23(26)9/h15,28-30H,12-14H2,1-11H3. The first kappa shape index (κ1) is 24.3. The van der Waals surface area contributed by atoms with Crippen molar-refractivity contribution < 1.29 is 0 Å². The van der Waals surface area contributed by atoms with E-state index < -0.39 is 0 Å². The molecule has 3 N–H and O–H groups in total. The molecule has 3 nitrogen and oxygen atoms in total. The van der Waals surface area contributed by atoms with Crippen molar-refractivity contribution in [2.45, 2.75) is 82.2 Å². The molecule has 1 unspecified atom stereocenters. The predicted octanol–water partition coefficient (Wildman–Crippen LogP) is 6.27. The zero-order chi connectivity index (χ0) is 22.7. The summed E-state index contributed by atoms with van der Waals surface area (Å²) in [6.45, 7) is 27.3. The number of benzene rings is 2. The molecule has 2 rings (SSSR count). The van der Waals surface area contributed by atoms with Crippen LogP contribution in [0.4, 0.5) is 11.4 Å². The molecule has 1 atom stereocenters. The molecule has 0 saturated carbocycles. The number of hydrogen-bond donors (Lipinski definition) is 3. The highest BCUT2D eigenvalue weighted by Gasteiger charge is 2.14. The minimum atomic E-state index is 0.399. The Hall–Kier alpha value is -2.00. The van der Waals surface area contributed by atoms with E-state index in [1.165, 1.54) is 67.0 Å². The maximum Gasteiger partial charge on any atom is 0.0405 e. The van der Waals surface area contributed by atoms with E-state index in [0.29, 0.717) is 6.04 Å². The van der Waals surface area contributed by atoms with Crippen LogP contribution in [0, 0.1) is 69.2 Å². The van der Waals surface area contributed by atoms with Crippen LogP contribution in [-0.2, 0) is 0 Å². The molecule has 0 amide bonds. The van der Waals surface area contributed by atoms with Gasteiger partial charge in [-0.15, -0.1) is 0 Å². The van der Waals surface area contributed by atoms with Crippen LogP contribution in [0.25, 0.3) is 0 Å². The van der Waals surface area contributed by atoms with Crippen molar-refractivity contribution >= 4 is 11.4 Å². The van der Waals surface area contributed by atoms with Crippen LogP contribution in [0.1, 0.15) is 62.6 Å². The summed E-state index contributed by atoms with van der Waals surface area (Å²) in [5.74, 6) is 0. The molecule has 0 spiro atoms. The maximum absolute atomic E-state index is 3.70. The molecule has 166 valence electrons. The molecule has 0 saturated heterocycles. The van der Waals surface area contributed by atoms with Gasteiger partial charge in [0.25, 0.3) is 0 Å². The van der Waals surface area contributed by atoms with Gasteiger partial charge in [-0.3, -0.25) is 0 Å². The molecule has 30 heavy (non-hydrogen) atoms. The Labute approximate surface area is 185 Å². The molecule has 0 aliphatic carbocycles. The van der Waals surface area contributed by atoms with Gasteiger partial charge >= 0.3 is 0 Å². The van der Waals surface area contributed by atoms with E-state index >= 15 is 0 Å². The zero-order valence-electron chi connectivity index (χ0n) is 21.2. The van der Waals surface area contributed by atoms with Crippen LogP contribution in [0.2, 0.25) is 0 Å². The molecule has 2 aromatic carbocycles. The molecule has 3 heteroatoms. The molecule has 0 aliphatic heterocycles. The van der Waals surface area contributed by atoms with Gasteiger partial charge < -0.3 is 16.0 Å². The minimum absolute atomic E-state index is 0.399. The van der Waals surface area contributed by atoms with Gasteiger partial charge in [0.2, 0.25) is 0 Å². The number of hydrogen-bond acceptors (Lipinski definition) is 3. The van der Waals surface area contributed by atoms with Gasteiger partial charge in [0.15, 0.2) is 0 Å². The zero-order valence-corrected chi connectivity index (χ0v) is 21.2. The Kier molecular flexibility index (Phi) is 7.99. The summed E-state index contributed by atoms with van der Waals surface area (Å²) < 4.78 is 0. The Morgan fingerprint density at radius 3 is 1.20 bits per heavy atom. The fraction of sp³-hybridized carbons (Fsp3) is 0.556. The second kappa shape index (κ2) is 9.87. The van der Waals surface area contributed by atoms with E-state index in [0.717, 1.165) is 19.6 Å². The van der Waals surface area contributed by atoms with Crippen molar-refractivity contribution in [2.75, 3.05) is 30.3 Å².